The summed E-state index contributed by atoms with van der Waals surface area (Å²) >= 11 is 0. The summed E-state index contributed by atoms with van der Waals surface area (Å²) in [5.74, 6) is -1.22. The van der Waals surface area contributed by atoms with E-state index in [0.29, 0.717) is 5.56 Å². The first-order valence-electron chi connectivity index (χ1n) is 5.10. The Bertz CT molecular complexity index is 562. The van der Waals surface area contributed by atoms with Gasteiger partial charge in [-0.3, -0.25) is 9.59 Å². The van der Waals surface area contributed by atoms with Crippen LogP contribution in [0.5, 0.6) is 0 Å². The molecule has 1 heterocycles. The highest BCUT2D eigenvalue weighted by Gasteiger charge is 2.07. The highest BCUT2D eigenvalue weighted by atomic mass is 16.4. The van der Waals surface area contributed by atoms with Gasteiger partial charge < -0.3 is 15.4 Å². The Morgan fingerprint density at radius 2 is 2.24 bits per heavy atom. The molecule has 0 atom stereocenters. The van der Waals surface area contributed by atoms with Gasteiger partial charge in [0.05, 0.1) is 23.8 Å². The molecule has 1 aromatic carbocycles. The summed E-state index contributed by atoms with van der Waals surface area (Å²) in [6, 6.07) is 5.07. The van der Waals surface area contributed by atoms with Crippen molar-refractivity contribution >= 4 is 22.9 Å². The Balaban J connectivity index is 2.05. The molecule has 1 amide bonds. The van der Waals surface area contributed by atoms with E-state index in [0.717, 1.165) is 11.0 Å². The second-order valence-corrected chi connectivity index (χ2v) is 3.53. The van der Waals surface area contributed by atoms with Gasteiger partial charge in [-0.05, 0) is 18.2 Å². The van der Waals surface area contributed by atoms with E-state index in [1.54, 1.807) is 24.5 Å². The minimum absolute atomic E-state index is 0.0853. The molecule has 0 aliphatic rings. The predicted molar refractivity (Wildman–Crippen MR) is 60.7 cm³/mol. The Kier molecular flexibility index (Phi) is 3.04. The fourth-order valence-corrected chi connectivity index (χ4v) is 1.46. The molecule has 0 aliphatic carbocycles. The van der Waals surface area contributed by atoms with Crippen LogP contribution in [0.2, 0.25) is 0 Å². The van der Waals surface area contributed by atoms with Crippen LogP contribution in [-0.4, -0.2) is 33.5 Å². The standard InChI is InChI=1S/C11H11N3O3/c15-10(16)3-4-12-11(17)7-1-2-8-9(5-7)14-6-13-8/h1-2,5-6H,3-4H2,(H,12,17)(H,13,14)(H,15,16). The van der Waals surface area contributed by atoms with Crippen molar-refractivity contribution in [3.63, 3.8) is 0 Å². The smallest absolute Gasteiger partial charge is 0.305 e. The van der Waals surface area contributed by atoms with E-state index in [-0.39, 0.29) is 18.9 Å². The maximum atomic E-state index is 11.7. The minimum Gasteiger partial charge on any atom is -0.481 e. The van der Waals surface area contributed by atoms with Crippen LogP contribution in [-0.2, 0) is 4.79 Å². The minimum atomic E-state index is -0.936. The number of carbonyl (C=O) groups is 2. The Morgan fingerprint density at radius 1 is 1.41 bits per heavy atom. The number of nitrogens with one attached hydrogen (secondary N) is 2. The van der Waals surface area contributed by atoms with Crippen molar-refractivity contribution in [2.24, 2.45) is 0 Å². The molecule has 6 nitrogen and oxygen atoms in total. The first-order valence-corrected chi connectivity index (χ1v) is 5.10. The van der Waals surface area contributed by atoms with Crippen molar-refractivity contribution in [3.8, 4) is 0 Å². The molecule has 0 unspecified atom stereocenters. The lowest BCUT2D eigenvalue weighted by molar-refractivity contribution is -0.136. The predicted octanol–water partition coefficient (Wildman–Crippen LogP) is 0.767. The van der Waals surface area contributed by atoms with Crippen LogP contribution in [0.3, 0.4) is 0 Å². The van der Waals surface area contributed by atoms with Gasteiger partial charge in [0.25, 0.3) is 5.91 Å². The second-order valence-electron chi connectivity index (χ2n) is 3.53. The van der Waals surface area contributed by atoms with Gasteiger partial charge in [0.1, 0.15) is 0 Å². The first kappa shape index (κ1) is 11.1. The Hall–Kier alpha value is -2.37. The van der Waals surface area contributed by atoms with Crippen LogP contribution >= 0.6 is 0 Å². The van der Waals surface area contributed by atoms with Crippen molar-refractivity contribution < 1.29 is 14.7 Å². The lowest BCUT2D eigenvalue weighted by Crippen LogP contribution is -2.25. The van der Waals surface area contributed by atoms with Gasteiger partial charge in [0, 0.05) is 12.1 Å². The molecule has 6 heteroatoms. The number of hydrogen-bond donors (Lipinski definition) is 3. The fourth-order valence-electron chi connectivity index (χ4n) is 1.46. The summed E-state index contributed by atoms with van der Waals surface area (Å²) in [5.41, 5.74) is 2.04. The van der Waals surface area contributed by atoms with Gasteiger partial charge in [0.2, 0.25) is 0 Å². The monoisotopic (exact) mass is 233 g/mol. The number of carboxylic acids is 1. The van der Waals surface area contributed by atoms with Gasteiger partial charge >= 0.3 is 5.97 Å². The Labute approximate surface area is 96.7 Å². The molecule has 0 saturated carbocycles. The summed E-state index contributed by atoms with van der Waals surface area (Å²) < 4.78 is 0. The molecule has 88 valence electrons. The molecule has 0 radical (unpaired) electrons. The van der Waals surface area contributed by atoms with E-state index >= 15 is 0 Å². The third-order valence-corrected chi connectivity index (χ3v) is 2.31. The van der Waals surface area contributed by atoms with Gasteiger partial charge in [-0.25, -0.2) is 4.98 Å². The van der Waals surface area contributed by atoms with E-state index in [4.69, 9.17) is 5.11 Å². The number of nitrogens with zero attached hydrogens (tertiary/aromatic N) is 1. The van der Waals surface area contributed by atoms with Crippen molar-refractivity contribution in [2.45, 2.75) is 6.42 Å². The Morgan fingerprint density at radius 3 is 3.00 bits per heavy atom. The highest BCUT2D eigenvalue weighted by Crippen LogP contribution is 2.11. The largest absolute Gasteiger partial charge is 0.481 e. The van der Waals surface area contributed by atoms with E-state index in [9.17, 15) is 9.59 Å². The van der Waals surface area contributed by atoms with Crippen molar-refractivity contribution in [1.29, 1.82) is 0 Å². The summed E-state index contributed by atoms with van der Waals surface area (Å²) in [5, 5.41) is 11.0. The molecule has 3 N–H and O–H groups in total. The molecule has 2 rings (SSSR count). The highest BCUT2D eigenvalue weighted by molar-refractivity contribution is 5.97. The fraction of sp³-hybridized carbons (Fsp3) is 0.182. The van der Waals surface area contributed by atoms with Crippen molar-refractivity contribution in [3.05, 3.63) is 30.1 Å². The average molecular weight is 233 g/mol. The molecular weight excluding hydrogens is 222 g/mol. The van der Waals surface area contributed by atoms with E-state index in [1.165, 1.54) is 0 Å². The molecule has 1 aromatic heterocycles. The molecular formula is C11H11N3O3. The number of H-pyrrole nitrogens is 1. The summed E-state index contributed by atoms with van der Waals surface area (Å²) in [7, 11) is 0. The number of aliphatic carboxylic acids is 1. The zero-order chi connectivity index (χ0) is 12.3. The topological polar surface area (TPSA) is 95.1 Å². The number of aromatic nitrogens is 2. The SMILES string of the molecule is O=C(O)CCNC(=O)c1ccc2nc[nH]c2c1. The molecule has 0 aliphatic heterocycles. The number of carbonyl (C=O) groups excluding carboxylic acids is 1. The quantitative estimate of drug-likeness (QED) is 0.726. The zero-order valence-corrected chi connectivity index (χ0v) is 8.93. The van der Waals surface area contributed by atoms with Crippen LogP contribution < -0.4 is 5.32 Å². The lowest BCUT2D eigenvalue weighted by Gasteiger charge is -2.03. The van der Waals surface area contributed by atoms with Gasteiger partial charge in [-0.1, -0.05) is 0 Å². The van der Waals surface area contributed by atoms with E-state index < -0.39 is 5.97 Å². The van der Waals surface area contributed by atoms with Crippen molar-refractivity contribution in [2.75, 3.05) is 6.54 Å². The van der Waals surface area contributed by atoms with E-state index in [2.05, 4.69) is 15.3 Å². The molecule has 0 bridgehead atoms. The molecule has 0 fully saturated rings. The maximum absolute atomic E-state index is 11.7. The summed E-state index contributed by atoms with van der Waals surface area (Å²) in [6.45, 7) is 0.120. The van der Waals surface area contributed by atoms with Crippen LogP contribution in [0, 0.1) is 0 Å². The number of amides is 1. The average Bonchev–Trinajstić information content (AvgIpc) is 2.75. The van der Waals surface area contributed by atoms with Gasteiger partial charge in [-0.2, -0.15) is 0 Å². The second kappa shape index (κ2) is 4.65. The molecule has 2 aromatic rings. The van der Waals surface area contributed by atoms with Crippen molar-refractivity contribution in [1.82, 2.24) is 15.3 Å². The number of carboxylic acid groups (broad SMARTS) is 1. The molecule has 17 heavy (non-hydrogen) atoms. The third-order valence-electron chi connectivity index (χ3n) is 2.31. The summed E-state index contributed by atoms with van der Waals surface area (Å²) in [6.07, 6.45) is 1.47. The van der Waals surface area contributed by atoms with Crippen LogP contribution in [0.4, 0.5) is 0 Å². The van der Waals surface area contributed by atoms with E-state index in [1.807, 2.05) is 0 Å². The van der Waals surface area contributed by atoms with Crippen LogP contribution in [0.25, 0.3) is 11.0 Å². The summed E-state index contributed by atoms with van der Waals surface area (Å²) in [4.78, 5) is 28.9. The number of imidazole rings is 1. The number of fused-ring (bicyclic) bond motifs is 1. The zero-order valence-electron chi connectivity index (χ0n) is 8.93. The molecule has 0 saturated heterocycles. The number of benzene rings is 1. The lowest BCUT2D eigenvalue weighted by atomic mass is 10.2. The normalized spacial score (nSPS) is 10.4. The first-order chi connectivity index (χ1) is 8.16. The third kappa shape index (κ3) is 2.60. The van der Waals surface area contributed by atoms with Gasteiger partial charge in [-0.15, -0.1) is 0 Å². The van der Waals surface area contributed by atoms with Crippen LogP contribution in [0.1, 0.15) is 16.8 Å². The molecule has 0 spiro atoms. The number of aromatic amines is 1. The van der Waals surface area contributed by atoms with Crippen LogP contribution in [0.15, 0.2) is 24.5 Å². The van der Waals surface area contributed by atoms with Gasteiger partial charge in [0.15, 0.2) is 0 Å². The maximum Gasteiger partial charge on any atom is 0.305 e. The number of hydrogen-bond acceptors (Lipinski definition) is 3. The number of rotatable bonds is 4.